The topological polar surface area (TPSA) is 74.7 Å². The Morgan fingerprint density at radius 2 is 1.61 bits per heavy atom. The molecular formula is C22H35NO4S. The van der Waals surface area contributed by atoms with Gasteiger partial charge >= 0.3 is 0 Å². The lowest BCUT2D eigenvalue weighted by molar-refractivity contribution is -0.131. The first-order valence-electron chi connectivity index (χ1n) is 9.95. The van der Waals surface area contributed by atoms with E-state index >= 15 is 0 Å². The third kappa shape index (κ3) is 5.28. The minimum atomic E-state index is -3.01. The first kappa shape index (κ1) is 22.7. The monoisotopic (exact) mass is 409 g/mol. The summed E-state index contributed by atoms with van der Waals surface area (Å²) in [6, 6.07) is 3.78. The molecule has 6 heteroatoms. The number of carbonyl (C=O) groups is 1. The van der Waals surface area contributed by atoms with Gasteiger partial charge in [0, 0.05) is 19.5 Å². The van der Waals surface area contributed by atoms with Gasteiger partial charge in [0.2, 0.25) is 5.91 Å². The van der Waals surface area contributed by atoms with Gasteiger partial charge < -0.3 is 10.0 Å². The van der Waals surface area contributed by atoms with E-state index in [1.54, 1.807) is 11.9 Å². The second kappa shape index (κ2) is 7.69. The van der Waals surface area contributed by atoms with E-state index in [-0.39, 0.29) is 34.3 Å². The minimum absolute atomic E-state index is 0.0372. The maximum atomic E-state index is 12.6. The van der Waals surface area contributed by atoms with Crippen LogP contribution in [0, 0.1) is 0 Å². The first-order chi connectivity index (χ1) is 12.6. The number of phenols is 1. The van der Waals surface area contributed by atoms with Crippen LogP contribution in [0.15, 0.2) is 12.1 Å². The molecule has 0 spiro atoms. The van der Waals surface area contributed by atoms with E-state index in [0.29, 0.717) is 25.0 Å². The highest BCUT2D eigenvalue weighted by Gasteiger charge is 2.32. The molecule has 1 saturated heterocycles. The van der Waals surface area contributed by atoms with E-state index in [1.807, 2.05) is 12.1 Å². The quantitative estimate of drug-likeness (QED) is 0.825. The molecule has 1 amide bonds. The highest BCUT2D eigenvalue weighted by Crippen LogP contribution is 2.40. The molecule has 0 bridgehead atoms. The molecule has 0 aliphatic carbocycles. The molecule has 28 heavy (non-hydrogen) atoms. The van der Waals surface area contributed by atoms with Crippen molar-refractivity contribution in [3.8, 4) is 5.75 Å². The summed E-state index contributed by atoms with van der Waals surface area (Å²) in [7, 11) is -1.31. The molecule has 1 atom stereocenters. The number of hydrogen-bond donors (Lipinski definition) is 1. The standard InChI is InChI=1S/C22H35NO4S/c1-21(2,3)17-12-15(13-18(20(17)25)22(4,5)6)8-9-19(24)23(7)16-10-11-28(26,27)14-16/h12-13,16,25H,8-11,14H2,1-7H3/t16-/m0/s1. The SMILES string of the molecule is CN(C(=O)CCc1cc(C(C)(C)C)c(O)c(C(C)(C)C)c1)[C@H]1CCS(=O)(=O)C1. The van der Waals surface area contributed by atoms with Crippen LogP contribution < -0.4 is 0 Å². The van der Waals surface area contributed by atoms with Crippen molar-refractivity contribution in [1.29, 1.82) is 0 Å². The van der Waals surface area contributed by atoms with Gasteiger partial charge in [-0.2, -0.15) is 0 Å². The van der Waals surface area contributed by atoms with Gasteiger partial charge in [0.1, 0.15) is 5.75 Å². The molecule has 0 radical (unpaired) electrons. The second-order valence-corrected chi connectivity index (χ2v) is 12.3. The number of phenolic OH excluding ortho intramolecular Hbond substituents is 1. The molecule has 1 N–H and O–H groups in total. The number of rotatable bonds is 4. The van der Waals surface area contributed by atoms with E-state index in [1.165, 1.54) is 0 Å². The zero-order chi connectivity index (χ0) is 21.5. The van der Waals surface area contributed by atoms with E-state index in [0.717, 1.165) is 16.7 Å². The molecule has 0 aromatic heterocycles. The molecular weight excluding hydrogens is 374 g/mol. The smallest absolute Gasteiger partial charge is 0.222 e. The Hall–Kier alpha value is -1.56. The van der Waals surface area contributed by atoms with Crippen molar-refractivity contribution in [2.45, 2.75) is 77.7 Å². The number of aromatic hydroxyl groups is 1. The predicted molar refractivity (Wildman–Crippen MR) is 114 cm³/mol. The molecule has 0 unspecified atom stereocenters. The molecule has 1 aliphatic rings. The van der Waals surface area contributed by atoms with Crippen molar-refractivity contribution in [1.82, 2.24) is 4.90 Å². The molecule has 0 saturated carbocycles. The normalized spacial score (nSPS) is 19.6. The Balaban J connectivity index is 2.20. The number of amides is 1. The molecule has 1 fully saturated rings. The Kier molecular flexibility index (Phi) is 6.25. The van der Waals surface area contributed by atoms with Crippen molar-refractivity contribution < 1.29 is 18.3 Å². The van der Waals surface area contributed by atoms with Crippen molar-refractivity contribution in [2.24, 2.45) is 0 Å². The van der Waals surface area contributed by atoms with Crippen molar-refractivity contribution in [2.75, 3.05) is 18.6 Å². The molecule has 1 aromatic rings. The predicted octanol–water partition coefficient (Wildman–Crippen LogP) is 3.57. The fraction of sp³-hybridized carbons (Fsp3) is 0.682. The summed E-state index contributed by atoms with van der Waals surface area (Å²) in [4.78, 5) is 14.2. The van der Waals surface area contributed by atoms with Gasteiger partial charge in [0.05, 0.1) is 11.5 Å². The molecule has 1 aromatic carbocycles. The van der Waals surface area contributed by atoms with Crippen LogP contribution in [-0.2, 0) is 31.9 Å². The Morgan fingerprint density at radius 1 is 1.11 bits per heavy atom. The minimum Gasteiger partial charge on any atom is -0.507 e. The number of benzene rings is 1. The lowest BCUT2D eigenvalue weighted by atomic mass is 9.78. The van der Waals surface area contributed by atoms with Crippen molar-refractivity contribution in [3.63, 3.8) is 0 Å². The third-order valence-electron chi connectivity index (χ3n) is 5.56. The zero-order valence-corrected chi connectivity index (χ0v) is 19.1. The van der Waals surface area contributed by atoms with Gasteiger partial charge in [-0.15, -0.1) is 0 Å². The lowest BCUT2D eigenvalue weighted by Gasteiger charge is -2.28. The van der Waals surface area contributed by atoms with Crippen LogP contribution in [0.1, 0.15) is 71.1 Å². The zero-order valence-electron chi connectivity index (χ0n) is 18.3. The Labute approximate surface area is 170 Å². The van der Waals surface area contributed by atoms with Crippen LogP contribution in [0.5, 0.6) is 5.75 Å². The van der Waals surface area contributed by atoms with E-state index in [4.69, 9.17) is 0 Å². The van der Waals surface area contributed by atoms with Crippen molar-refractivity contribution in [3.05, 3.63) is 28.8 Å². The second-order valence-electron chi connectivity index (χ2n) is 10.1. The summed E-state index contributed by atoms with van der Waals surface area (Å²) >= 11 is 0. The van der Waals surface area contributed by atoms with Crippen LogP contribution in [0.3, 0.4) is 0 Å². The summed E-state index contributed by atoms with van der Waals surface area (Å²) in [5.74, 6) is 0.529. The molecule has 2 rings (SSSR count). The molecule has 1 aliphatic heterocycles. The van der Waals surface area contributed by atoms with Gasteiger partial charge in [-0.3, -0.25) is 4.79 Å². The molecule has 5 nitrogen and oxygen atoms in total. The van der Waals surface area contributed by atoms with Gasteiger partial charge in [-0.1, -0.05) is 53.7 Å². The highest BCUT2D eigenvalue weighted by molar-refractivity contribution is 7.91. The van der Waals surface area contributed by atoms with Crippen LogP contribution in [0.25, 0.3) is 0 Å². The van der Waals surface area contributed by atoms with Crippen LogP contribution >= 0.6 is 0 Å². The van der Waals surface area contributed by atoms with E-state index in [2.05, 4.69) is 41.5 Å². The molecule has 1 heterocycles. The molecule has 158 valence electrons. The lowest BCUT2D eigenvalue weighted by Crippen LogP contribution is -2.37. The number of sulfone groups is 1. The number of aryl methyl sites for hydroxylation is 1. The summed E-state index contributed by atoms with van der Waals surface area (Å²) in [6.45, 7) is 12.4. The van der Waals surface area contributed by atoms with Gasteiger partial charge in [-0.05, 0) is 40.4 Å². The Bertz CT molecular complexity index is 809. The van der Waals surface area contributed by atoms with E-state index < -0.39 is 9.84 Å². The summed E-state index contributed by atoms with van der Waals surface area (Å²) in [6.07, 6.45) is 1.41. The first-order valence-corrected chi connectivity index (χ1v) is 11.8. The van der Waals surface area contributed by atoms with Gasteiger partial charge in [-0.25, -0.2) is 8.42 Å². The van der Waals surface area contributed by atoms with Crippen LogP contribution in [0.2, 0.25) is 0 Å². The number of nitrogens with zero attached hydrogens (tertiary/aromatic N) is 1. The van der Waals surface area contributed by atoms with Crippen LogP contribution in [-0.4, -0.2) is 48.9 Å². The number of carbonyl (C=O) groups excluding carboxylic acids is 1. The summed E-state index contributed by atoms with van der Waals surface area (Å²) in [5, 5.41) is 10.8. The van der Waals surface area contributed by atoms with E-state index in [9.17, 15) is 18.3 Å². The highest BCUT2D eigenvalue weighted by atomic mass is 32.2. The number of hydrogen-bond acceptors (Lipinski definition) is 4. The Morgan fingerprint density at radius 3 is 2.00 bits per heavy atom. The third-order valence-corrected chi connectivity index (χ3v) is 7.31. The average Bonchev–Trinajstić information content (AvgIpc) is 2.90. The fourth-order valence-corrected chi connectivity index (χ4v) is 5.47. The van der Waals surface area contributed by atoms with Crippen molar-refractivity contribution >= 4 is 15.7 Å². The maximum Gasteiger partial charge on any atom is 0.222 e. The maximum absolute atomic E-state index is 12.6. The fourth-order valence-electron chi connectivity index (χ4n) is 3.69. The summed E-state index contributed by atoms with van der Waals surface area (Å²) in [5.41, 5.74) is 2.38. The largest absolute Gasteiger partial charge is 0.507 e. The van der Waals surface area contributed by atoms with Gasteiger partial charge in [0.25, 0.3) is 0 Å². The summed E-state index contributed by atoms with van der Waals surface area (Å²) < 4.78 is 23.4. The average molecular weight is 410 g/mol. The van der Waals surface area contributed by atoms with Crippen LogP contribution in [0.4, 0.5) is 0 Å². The van der Waals surface area contributed by atoms with Gasteiger partial charge in [0.15, 0.2) is 9.84 Å².